The summed E-state index contributed by atoms with van der Waals surface area (Å²) in [6.07, 6.45) is -0.348. The molecule has 1 unspecified atom stereocenters. The molecule has 1 heterocycles. The highest BCUT2D eigenvalue weighted by molar-refractivity contribution is 6.30. The van der Waals surface area contributed by atoms with Gasteiger partial charge in [0, 0.05) is 17.1 Å². The van der Waals surface area contributed by atoms with Crippen molar-refractivity contribution in [3.05, 3.63) is 70.2 Å². The summed E-state index contributed by atoms with van der Waals surface area (Å²) in [6.45, 7) is 5.33. The van der Waals surface area contributed by atoms with Crippen LogP contribution in [0.2, 0.25) is 5.02 Å². The Bertz CT molecular complexity index is 1140. The molecule has 190 valence electrons. The smallest absolute Gasteiger partial charge is 0.407 e. The van der Waals surface area contributed by atoms with Gasteiger partial charge in [-0.2, -0.15) is 0 Å². The van der Waals surface area contributed by atoms with Gasteiger partial charge in [-0.05, 0) is 70.0 Å². The molecule has 0 radical (unpaired) electrons. The zero-order valence-corrected chi connectivity index (χ0v) is 20.8. The summed E-state index contributed by atoms with van der Waals surface area (Å²) in [5.41, 5.74) is 4.54. The Morgan fingerprint density at radius 1 is 0.944 bits per heavy atom. The largest absolute Gasteiger partial charge is 0.444 e. The second-order valence-corrected chi connectivity index (χ2v) is 9.50. The van der Waals surface area contributed by atoms with Crippen LogP contribution in [0.5, 0.6) is 0 Å². The highest BCUT2D eigenvalue weighted by Gasteiger charge is 2.42. The van der Waals surface area contributed by atoms with Crippen molar-refractivity contribution >= 4 is 41.3 Å². The van der Waals surface area contributed by atoms with Gasteiger partial charge >= 0.3 is 6.09 Å². The van der Waals surface area contributed by atoms with Crippen LogP contribution in [0, 0.1) is 0 Å². The molecule has 0 aliphatic carbocycles. The quantitative estimate of drug-likeness (QED) is 0.295. The van der Waals surface area contributed by atoms with Crippen LogP contribution in [-0.4, -0.2) is 52.8 Å². The Morgan fingerprint density at radius 2 is 1.53 bits per heavy atom. The predicted molar refractivity (Wildman–Crippen MR) is 131 cm³/mol. The number of imide groups is 1. The second kappa shape index (κ2) is 11.2. The number of hydrogen-bond donors (Lipinski definition) is 3. The maximum Gasteiger partial charge on any atom is 0.407 e. The van der Waals surface area contributed by atoms with Gasteiger partial charge in [0.15, 0.2) is 0 Å². The first-order chi connectivity index (χ1) is 17.0. The summed E-state index contributed by atoms with van der Waals surface area (Å²) in [4.78, 5) is 64.2. The minimum atomic E-state index is -1.23. The van der Waals surface area contributed by atoms with Gasteiger partial charge in [0.1, 0.15) is 11.6 Å². The van der Waals surface area contributed by atoms with Crippen molar-refractivity contribution < 1.29 is 28.7 Å². The van der Waals surface area contributed by atoms with Gasteiger partial charge in [-0.15, -0.1) is 0 Å². The van der Waals surface area contributed by atoms with Crippen LogP contribution in [0.4, 0.5) is 4.79 Å². The molecule has 0 spiro atoms. The number of hydrazine groups is 1. The molecular weight excluding hydrogens is 488 g/mol. The number of carbonyl (C=O) groups excluding carboxylic acids is 5. The normalized spacial score (nSPS) is 13.6. The fraction of sp³-hybridized carbons (Fsp3) is 0.320. The third-order valence-corrected chi connectivity index (χ3v) is 5.42. The first kappa shape index (κ1) is 26.7. The number of alkyl carbamates (subject to hydrolysis) is 1. The minimum Gasteiger partial charge on any atom is -0.444 e. The molecular formula is C25H27ClN4O6. The molecule has 5 amide bonds. The number of nitrogens with one attached hydrogen (secondary N) is 3. The minimum absolute atomic E-state index is 0.0317. The number of rotatable bonds is 7. The van der Waals surface area contributed by atoms with E-state index < -0.39 is 41.4 Å². The van der Waals surface area contributed by atoms with Crippen LogP contribution in [-0.2, 0) is 9.53 Å². The van der Waals surface area contributed by atoms with E-state index in [1.54, 1.807) is 32.9 Å². The number of carbonyl (C=O) groups is 5. The molecule has 0 aromatic heterocycles. The van der Waals surface area contributed by atoms with E-state index in [-0.39, 0.29) is 36.1 Å². The van der Waals surface area contributed by atoms with E-state index >= 15 is 0 Å². The summed E-state index contributed by atoms with van der Waals surface area (Å²) < 4.78 is 5.18. The van der Waals surface area contributed by atoms with Gasteiger partial charge in [-0.25, -0.2) is 4.79 Å². The van der Waals surface area contributed by atoms with Crippen molar-refractivity contribution in [3.63, 3.8) is 0 Å². The monoisotopic (exact) mass is 514 g/mol. The molecule has 0 fully saturated rings. The van der Waals surface area contributed by atoms with E-state index in [2.05, 4.69) is 16.2 Å². The zero-order chi connectivity index (χ0) is 26.5. The fourth-order valence-corrected chi connectivity index (χ4v) is 3.67. The highest BCUT2D eigenvalue weighted by Crippen LogP contribution is 2.26. The molecule has 11 heteroatoms. The van der Waals surface area contributed by atoms with Gasteiger partial charge in [-0.1, -0.05) is 23.7 Å². The summed E-state index contributed by atoms with van der Waals surface area (Å²) in [6, 6.07) is 11.0. The summed E-state index contributed by atoms with van der Waals surface area (Å²) >= 11 is 5.83. The lowest BCUT2D eigenvalue weighted by Crippen LogP contribution is -2.54. The number of benzene rings is 2. The van der Waals surface area contributed by atoms with Crippen LogP contribution in [0.3, 0.4) is 0 Å². The molecule has 2 aromatic carbocycles. The van der Waals surface area contributed by atoms with E-state index in [1.807, 2.05) is 0 Å². The first-order valence-electron chi connectivity index (χ1n) is 11.3. The molecule has 3 rings (SSSR count). The summed E-state index contributed by atoms with van der Waals surface area (Å²) in [5, 5.41) is 3.02. The Labute approximate surface area is 213 Å². The van der Waals surface area contributed by atoms with Crippen molar-refractivity contribution in [1.29, 1.82) is 0 Å². The van der Waals surface area contributed by atoms with Crippen LogP contribution in [0.15, 0.2) is 48.5 Å². The third kappa shape index (κ3) is 6.60. The molecule has 3 N–H and O–H groups in total. The number of amides is 5. The maximum atomic E-state index is 13.1. The zero-order valence-electron chi connectivity index (χ0n) is 20.1. The van der Waals surface area contributed by atoms with Gasteiger partial charge in [0.2, 0.25) is 0 Å². The van der Waals surface area contributed by atoms with Crippen molar-refractivity contribution in [1.82, 2.24) is 21.1 Å². The summed E-state index contributed by atoms with van der Waals surface area (Å²) in [7, 11) is 0. The maximum absolute atomic E-state index is 13.1. The molecule has 36 heavy (non-hydrogen) atoms. The molecule has 0 saturated heterocycles. The van der Waals surface area contributed by atoms with Crippen LogP contribution in [0.1, 0.15) is 64.7 Å². The highest BCUT2D eigenvalue weighted by atomic mass is 35.5. The van der Waals surface area contributed by atoms with Gasteiger partial charge < -0.3 is 10.1 Å². The number of fused-ring (bicyclic) bond motifs is 1. The number of hydrogen-bond acceptors (Lipinski definition) is 6. The Kier molecular flexibility index (Phi) is 8.31. The molecule has 10 nitrogen and oxygen atoms in total. The Balaban J connectivity index is 1.69. The number of ether oxygens (including phenoxy) is 1. The van der Waals surface area contributed by atoms with Crippen molar-refractivity contribution in [2.75, 3.05) is 6.54 Å². The second-order valence-electron chi connectivity index (χ2n) is 9.06. The van der Waals surface area contributed by atoms with E-state index in [0.717, 1.165) is 4.90 Å². The van der Waals surface area contributed by atoms with Crippen molar-refractivity contribution in [3.8, 4) is 0 Å². The molecule has 1 atom stereocenters. The van der Waals surface area contributed by atoms with Crippen molar-refractivity contribution in [2.24, 2.45) is 0 Å². The molecule has 2 aromatic rings. The third-order valence-electron chi connectivity index (χ3n) is 5.17. The first-order valence-corrected chi connectivity index (χ1v) is 11.7. The van der Waals surface area contributed by atoms with Crippen LogP contribution in [0.25, 0.3) is 0 Å². The van der Waals surface area contributed by atoms with Crippen LogP contribution < -0.4 is 16.2 Å². The topological polar surface area (TPSA) is 134 Å². The lowest BCUT2D eigenvalue weighted by molar-refractivity contribution is -0.126. The number of halogens is 1. The lowest BCUT2D eigenvalue weighted by Gasteiger charge is -2.25. The van der Waals surface area contributed by atoms with Gasteiger partial charge in [0.25, 0.3) is 23.6 Å². The lowest BCUT2D eigenvalue weighted by atomic mass is 10.1. The molecule has 1 aliphatic heterocycles. The van der Waals surface area contributed by atoms with E-state index in [0.29, 0.717) is 5.02 Å². The Hall–Kier alpha value is -3.92. The van der Waals surface area contributed by atoms with Gasteiger partial charge in [-0.3, -0.25) is 34.9 Å². The van der Waals surface area contributed by atoms with Gasteiger partial charge in [0.05, 0.1) is 11.1 Å². The standard InChI is InChI=1S/C25H27ClN4O6/c1-25(2,3)36-24(35)27-14-6-9-19(30-22(33)17-7-4-5-8-18(17)23(30)34)21(32)29-28-20(31)15-10-12-16(26)13-11-15/h4-5,7-8,10-13,19H,6,9,14H2,1-3H3,(H,27,35)(H,28,31)(H,29,32). The predicted octanol–water partition coefficient (Wildman–Crippen LogP) is 3.07. The average Bonchev–Trinajstić information content (AvgIpc) is 3.07. The average molecular weight is 515 g/mol. The molecule has 0 bridgehead atoms. The fourth-order valence-electron chi connectivity index (χ4n) is 3.54. The molecule has 1 aliphatic rings. The van der Waals surface area contributed by atoms with E-state index in [1.165, 1.54) is 36.4 Å². The van der Waals surface area contributed by atoms with Crippen molar-refractivity contribution in [2.45, 2.75) is 45.3 Å². The van der Waals surface area contributed by atoms with E-state index in [9.17, 15) is 24.0 Å². The van der Waals surface area contributed by atoms with E-state index in [4.69, 9.17) is 16.3 Å². The Morgan fingerprint density at radius 3 is 2.08 bits per heavy atom. The molecule has 0 saturated carbocycles. The summed E-state index contributed by atoms with van der Waals surface area (Å²) in [5.74, 6) is -2.59. The number of nitrogens with zero attached hydrogens (tertiary/aromatic N) is 1. The van der Waals surface area contributed by atoms with Crippen LogP contribution >= 0.6 is 11.6 Å². The SMILES string of the molecule is CC(C)(C)OC(=O)NCCCC(C(=O)NNC(=O)c1ccc(Cl)cc1)N1C(=O)c2ccccc2C1=O.